The monoisotopic (exact) mass is 296 g/mol. The molecular weight excluding hydrogens is 279 g/mol. The Morgan fingerprint density at radius 1 is 1.30 bits per heavy atom. The zero-order valence-corrected chi connectivity index (χ0v) is 12.2. The van der Waals surface area contributed by atoms with Crippen LogP contribution in [0.4, 0.5) is 4.39 Å². The second-order valence-corrected chi connectivity index (χ2v) is 6.31. The van der Waals surface area contributed by atoms with Gasteiger partial charge in [0.05, 0.1) is 5.56 Å². The fourth-order valence-electron chi connectivity index (χ4n) is 3.32. The predicted molar refractivity (Wildman–Crippen MR) is 76.5 cm³/mol. The molecule has 3 saturated heterocycles. The molecule has 3 aliphatic heterocycles. The molecule has 1 aromatic carbocycles. The predicted octanol–water partition coefficient (Wildman–Crippen LogP) is 2.65. The van der Waals surface area contributed by atoms with Gasteiger partial charge in [-0.15, -0.1) is 0 Å². The molecule has 3 heterocycles. The van der Waals surface area contributed by atoms with Crippen molar-refractivity contribution in [3.8, 4) is 0 Å². The first-order chi connectivity index (χ1) is 9.54. The fourth-order valence-corrected chi connectivity index (χ4v) is 3.47. The summed E-state index contributed by atoms with van der Waals surface area (Å²) in [6.45, 7) is 2.44. The van der Waals surface area contributed by atoms with Gasteiger partial charge in [0, 0.05) is 30.7 Å². The van der Waals surface area contributed by atoms with Crippen molar-refractivity contribution in [3.63, 3.8) is 0 Å². The summed E-state index contributed by atoms with van der Waals surface area (Å²) < 4.78 is 13.9. The first kappa shape index (κ1) is 13.8. The van der Waals surface area contributed by atoms with E-state index in [-0.39, 0.29) is 11.5 Å². The maximum absolute atomic E-state index is 13.9. The van der Waals surface area contributed by atoms with Crippen LogP contribution in [0, 0.1) is 11.7 Å². The van der Waals surface area contributed by atoms with Gasteiger partial charge in [-0.1, -0.05) is 11.6 Å². The Hall–Kier alpha value is -1.13. The first-order valence-corrected chi connectivity index (χ1v) is 7.37. The van der Waals surface area contributed by atoms with Gasteiger partial charge in [-0.3, -0.25) is 4.79 Å². The van der Waals surface area contributed by atoms with E-state index in [4.69, 9.17) is 11.6 Å². The Morgan fingerprint density at radius 3 is 2.80 bits per heavy atom. The second-order valence-electron chi connectivity index (χ2n) is 5.87. The van der Waals surface area contributed by atoms with E-state index in [0.29, 0.717) is 23.5 Å². The van der Waals surface area contributed by atoms with Crippen LogP contribution in [0.15, 0.2) is 18.2 Å². The van der Waals surface area contributed by atoms with Crippen molar-refractivity contribution < 1.29 is 9.18 Å². The molecule has 2 atom stereocenters. The summed E-state index contributed by atoms with van der Waals surface area (Å²) in [5, 5.41) is 0.315. The lowest BCUT2D eigenvalue weighted by atomic mass is 9.96. The third-order valence-corrected chi connectivity index (χ3v) is 4.67. The van der Waals surface area contributed by atoms with E-state index in [1.165, 1.54) is 12.1 Å². The minimum absolute atomic E-state index is 0.123. The summed E-state index contributed by atoms with van der Waals surface area (Å²) in [6.07, 6.45) is 2.27. The molecule has 5 heteroatoms. The zero-order valence-electron chi connectivity index (χ0n) is 11.5. The van der Waals surface area contributed by atoms with Crippen molar-refractivity contribution in [2.75, 3.05) is 26.7 Å². The number of rotatable bonds is 1. The molecule has 108 valence electrons. The summed E-state index contributed by atoms with van der Waals surface area (Å²) in [4.78, 5) is 16.7. The fraction of sp³-hybridized carbons (Fsp3) is 0.533. The molecule has 2 bridgehead atoms. The maximum atomic E-state index is 13.9. The molecule has 0 aromatic heterocycles. The van der Waals surface area contributed by atoms with Crippen molar-refractivity contribution in [1.29, 1.82) is 0 Å². The summed E-state index contributed by atoms with van der Waals surface area (Å²) >= 11 is 5.74. The highest BCUT2D eigenvalue weighted by atomic mass is 35.5. The molecule has 0 saturated carbocycles. The number of hydrogen-bond donors (Lipinski definition) is 0. The van der Waals surface area contributed by atoms with Crippen molar-refractivity contribution in [2.24, 2.45) is 5.92 Å². The number of benzene rings is 1. The first-order valence-electron chi connectivity index (χ1n) is 6.99. The van der Waals surface area contributed by atoms with Gasteiger partial charge in [0.2, 0.25) is 0 Å². The smallest absolute Gasteiger partial charge is 0.256 e. The minimum Gasteiger partial charge on any atom is -0.337 e. The van der Waals surface area contributed by atoms with Gasteiger partial charge in [-0.25, -0.2) is 4.39 Å². The van der Waals surface area contributed by atoms with Gasteiger partial charge in [-0.05, 0) is 44.0 Å². The molecule has 3 nitrogen and oxygen atoms in total. The summed E-state index contributed by atoms with van der Waals surface area (Å²) in [5.41, 5.74) is 0.123. The molecule has 1 aromatic rings. The summed E-state index contributed by atoms with van der Waals surface area (Å²) in [6, 6.07) is 4.65. The summed E-state index contributed by atoms with van der Waals surface area (Å²) in [7, 11) is 2.10. The molecule has 0 radical (unpaired) electrons. The zero-order chi connectivity index (χ0) is 14.3. The molecule has 4 rings (SSSR count). The van der Waals surface area contributed by atoms with E-state index < -0.39 is 5.82 Å². The van der Waals surface area contributed by atoms with Gasteiger partial charge in [0.1, 0.15) is 5.82 Å². The number of hydrogen-bond acceptors (Lipinski definition) is 2. The molecule has 1 amide bonds. The van der Waals surface area contributed by atoms with E-state index in [2.05, 4.69) is 11.9 Å². The Bertz CT molecular complexity index is 537. The lowest BCUT2D eigenvalue weighted by Crippen LogP contribution is -2.42. The molecular formula is C15H18ClFN2O. The Balaban J connectivity index is 1.84. The molecule has 3 aliphatic rings. The van der Waals surface area contributed by atoms with Gasteiger partial charge >= 0.3 is 0 Å². The Kier molecular flexibility index (Phi) is 3.69. The van der Waals surface area contributed by atoms with E-state index in [0.717, 1.165) is 25.9 Å². The molecule has 0 unspecified atom stereocenters. The number of nitrogens with zero attached hydrogens (tertiary/aromatic N) is 2. The van der Waals surface area contributed by atoms with Crippen LogP contribution in [-0.2, 0) is 0 Å². The van der Waals surface area contributed by atoms with Crippen LogP contribution in [-0.4, -0.2) is 48.4 Å². The third kappa shape index (κ3) is 2.54. The van der Waals surface area contributed by atoms with Crippen LogP contribution in [0.2, 0.25) is 5.02 Å². The Morgan fingerprint density at radius 2 is 2.10 bits per heavy atom. The normalized spacial score (nSPS) is 26.6. The number of fused-ring (bicyclic) bond motifs is 4. The van der Waals surface area contributed by atoms with E-state index in [1.54, 1.807) is 11.0 Å². The van der Waals surface area contributed by atoms with Gasteiger partial charge in [0.25, 0.3) is 5.91 Å². The van der Waals surface area contributed by atoms with Crippen LogP contribution >= 0.6 is 11.6 Å². The van der Waals surface area contributed by atoms with Crippen LogP contribution < -0.4 is 0 Å². The van der Waals surface area contributed by atoms with Crippen molar-refractivity contribution in [1.82, 2.24) is 9.80 Å². The topological polar surface area (TPSA) is 23.6 Å². The number of carbonyl (C=O) groups excluding carboxylic acids is 1. The van der Waals surface area contributed by atoms with E-state index in [9.17, 15) is 9.18 Å². The highest BCUT2D eigenvalue weighted by molar-refractivity contribution is 6.30. The number of halogens is 2. The second kappa shape index (κ2) is 5.34. The van der Waals surface area contributed by atoms with Crippen LogP contribution in [0.3, 0.4) is 0 Å². The standard InChI is InChI=1S/C15H18ClFN2O/c1-18-7-10-2-4-12(18)9-19(8-10)15(20)13-5-3-11(16)6-14(13)17/h3,5-6,10,12H,2,4,7-9H2,1H3/t10-,12-/m1/s1. The molecule has 3 fully saturated rings. The number of likely N-dealkylation sites (N-methyl/N-ethyl adjacent to an activating group) is 1. The van der Waals surface area contributed by atoms with Gasteiger partial charge in [-0.2, -0.15) is 0 Å². The highest BCUT2D eigenvalue weighted by Gasteiger charge is 2.35. The number of carbonyl (C=O) groups is 1. The van der Waals surface area contributed by atoms with E-state index >= 15 is 0 Å². The number of piperidine rings is 1. The largest absolute Gasteiger partial charge is 0.337 e. The van der Waals surface area contributed by atoms with Crippen LogP contribution in [0.25, 0.3) is 0 Å². The quantitative estimate of drug-likeness (QED) is 0.795. The minimum atomic E-state index is -0.535. The lowest BCUT2D eigenvalue weighted by molar-refractivity contribution is 0.0738. The van der Waals surface area contributed by atoms with Crippen LogP contribution in [0.5, 0.6) is 0 Å². The van der Waals surface area contributed by atoms with Gasteiger partial charge < -0.3 is 9.80 Å². The Labute approximate surface area is 123 Å². The highest BCUT2D eigenvalue weighted by Crippen LogP contribution is 2.28. The third-order valence-electron chi connectivity index (χ3n) is 4.44. The van der Waals surface area contributed by atoms with Crippen LogP contribution in [0.1, 0.15) is 23.2 Å². The van der Waals surface area contributed by atoms with E-state index in [1.807, 2.05) is 0 Å². The number of amides is 1. The van der Waals surface area contributed by atoms with Crippen molar-refractivity contribution >= 4 is 17.5 Å². The maximum Gasteiger partial charge on any atom is 0.256 e. The SMILES string of the molecule is CN1C[C@H]2CC[C@@H]1CN(C(=O)c1ccc(Cl)cc1F)C2. The summed E-state index contributed by atoms with van der Waals surface area (Å²) in [5.74, 6) is -0.253. The van der Waals surface area contributed by atoms with Gasteiger partial charge in [0.15, 0.2) is 0 Å². The molecule has 0 spiro atoms. The average molecular weight is 297 g/mol. The van der Waals surface area contributed by atoms with Crippen molar-refractivity contribution in [3.05, 3.63) is 34.6 Å². The lowest BCUT2D eigenvalue weighted by Gasteiger charge is -2.32. The average Bonchev–Trinajstić information content (AvgIpc) is 2.69. The molecule has 0 N–H and O–H groups in total. The van der Waals surface area contributed by atoms with Crippen molar-refractivity contribution in [2.45, 2.75) is 18.9 Å². The molecule has 0 aliphatic carbocycles. The molecule has 20 heavy (non-hydrogen) atoms.